The van der Waals surface area contributed by atoms with E-state index < -0.39 is 0 Å². The highest BCUT2D eigenvalue weighted by Crippen LogP contribution is 2.42. The second-order valence-electron chi connectivity index (χ2n) is 3.60. The van der Waals surface area contributed by atoms with E-state index >= 15 is 0 Å². The molecule has 1 heterocycles. The van der Waals surface area contributed by atoms with Crippen molar-refractivity contribution in [2.24, 2.45) is 0 Å². The molecule has 1 fully saturated rings. The van der Waals surface area contributed by atoms with E-state index in [0.29, 0.717) is 0 Å². The molecule has 0 atom stereocenters. The maximum absolute atomic E-state index is 4.70. The minimum Gasteiger partial charge on any atom is -0.246 e. The monoisotopic (exact) mass is 213 g/mol. The lowest BCUT2D eigenvalue weighted by atomic mass is 10.2. The molecule has 0 aromatic carbocycles. The fraction of sp³-hybridized carbons (Fsp3) is 0.700. The van der Waals surface area contributed by atoms with E-state index in [2.05, 4.69) is 19.6 Å². The highest BCUT2D eigenvalue weighted by Gasteiger charge is 2.27. The van der Waals surface area contributed by atoms with Gasteiger partial charge in [-0.25, -0.2) is 4.98 Å². The van der Waals surface area contributed by atoms with Gasteiger partial charge in [0.15, 0.2) is 0 Å². The van der Waals surface area contributed by atoms with E-state index in [0.717, 1.165) is 18.1 Å². The van der Waals surface area contributed by atoms with E-state index in [1.54, 1.807) is 0 Å². The second kappa shape index (κ2) is 4.01. The molecule has 0 spiro atoms. The standard InChI is InChI=1S/C10H15NS2/c1-2-3-8-9(6-12)13-10(11-8)7-4-5-7/h7,12H,2-6H2,1H3. The van der Waals surface area contributed by atoms with Crippen LogP contribution >= 0.6 is 24.0 Å². The van der Waals surface area contributed by atoms with Gasteiger partial charge in [0.25, 0.3) is 0 Å². The molecule has 1 aromatic heterocycles. The van der Waals surface area contributed by atoms with Gasteiger partial charge >= 0.3 is 0 Å². The summed E-state index contributed by atoms with van der Waals surface area (Å²) in [7, 11) is 0. The Kier molecular flexibility index (Phi) is 2.94. The molecule has 0 N–H and O–H groups in total. The van der Waals surface area contributed by atoms with Gasteiger partial charge in [-0.3, -0.25) is 0 Å². The highest BCUT2D eigenvalue weighted by molar-refractivity contribution is 7.79. The Bertz CT molecular complexity index is 289. The van der Waals surface area contributed by atoms with Gasteiger partial charge in [-0.15, -0.1) is 11.3 Å². The van der Waals surface area contributed by atoms with Crippen LogP contribution in [0.1, 0.15) is 47.7 Å². The average Bonchev–Trinajstić information content (AvgIpc) is 2.90. The summed E-state index contributed by atoms with van der Waals surface area (Å²) in [5, 5.41) is 1.37. The van der Waals surface area contributed by atoms with Gasteiger partial charge in [-0.2, -0.15) is 12.6 Å². The zero-order valence-electron chi connectivity index (χ0n) is 7.92. The number of hydrogen-bond donors (Lipinski definition) is 1. The van der Waals surface area contributed by atoms with Crippen molar-refractivity contribution in [2.45, 2.75) is 44.3 Å². The van der Waals surface area contributed by atoms with Crippen molar-refractivity contribution in [3.63, 3.8) is 0 Å². The van der Waals surface area contributed by atoms with Crippen LogP contribution in [0.2, 0.25) is 0 Å². The number of nitrogens with zero attached hydrogens (tertiary/aromatic N) is 1. The van der Waals surface area contributed by atoms with Gasteiger partial charge in [0.2, 0.25) is 0 Å². The summed E-state index contributed by atoms with van der Waals surface area (Å²) in [6.45, 7) is 2.21. The molecule has 3 heteroatoms. The van der Waals surface area contributed by atoms with Crippen molar-refractivity contribution in [3.8, 4) is 0 Å². The fourth-order valence-corrected chi connectivity index (χ4v) is 2.98. The van der Waals surface area contributed by atoms with Crippen LogP contribution in [0.5, 0.6) is 0 Å². The second-order valence-corrected chi connectivity index (χ2v) is 5.04. The molecule has 1 aliphatic carbocycles. The number of thiazole rings is 1. The first-order chi connectivity index (χ1) is 6.35. The van der Waals surface area contributed by atoms with Crippen molar-refractivity contribution in [1.82, 2.24) is 4.98 Å². The number of aromatic nitrogens is 1. The van der Waals surface area contributed by atoms with Crippen LogP contribution in [-0.2, 0) is 12.2 Å². The Labute approximate surface area is 89.0 Å². The van der Waals surface area contributed by atoms with Crippen molar-refractivity contribution in [2.75, 3.05) is 0 Å². The molecule has 0 bridgehead atoms. The molecule has 1 aromatic rings. The Morgan fingerprint density at radius 2 is 2.31 bits per heavy atom. The van der Waals surface area contributed by atoms with E-state index in [4.69, 9.17) is 4.98 Å². The van der Waals surface area contributed by atoms with Crippen molar-refractivity contribution in [1.29, 1.82) is 0 Å². The minimum absolute atomic E-state index is 0.800. The van der Waals surface area contributed by atoms with E-state index in [1.807, 2.05) is 11.3 Å². The summed E-state index contributed by atoms with van der Waals surface area (Å²) in [5.41, 5.74) is 1.31. The maximum atomic E-state index is 4.70. The molecule has 0 amide bonds. The number of thiol groups is 1. The Morgan fingerprint density at radius 3 is 2.85 bits per heavy atom. The van der Waals surface area contributed by atoms with E-state index in [-0.39, 0.29) is 0 Å². The summed E-state index contributed by atoms with van der Waals surface area (Å²) >= 11 is 6.23. The molecule has 1 saturated carbocycles. The molecule has 2 rings (SSSR count). The van der Waals surface area contributed by atoms with Gasteiger partial charge in [0.1, 0.15) is 0 Å². The Balaban J connectivity index is 2.20. The minimum atomic E-state index is 0.800. The van der Waals surface area contributed by atoms with Gasteiger partial charge in [-0.1, -0.05) is 13.3 Å². The largest absolute Gasteiger partial charge is 0.246 e. The highest BCUT2D eigenvalue weighted by atomic mass is 32.1. The van der Waals surface area contributed by atoms with Crippen LogP contribution in [-0.4, -0.2) is 4.98 Å². The Morgan fingerprint density at radius 1 is 1.54 bits per heavy atom. The molecule has 1 aliphatic rings. The SMILES string of the molecule is CCCc1nc(C2CC2)sc1CS. The van der Waals surface area contributed by atoms with Gasteiger partial charge in [-0.05, 0) is 19.3 Å². The molecule has 0 unspecified atom stereocenters. The van der Waals surface area contributed by atoms with Crippen LogP contribution < -0.4 is 0 Å². The first-order valence-electron chi connectivity index (χ1n) is 4.94. The summed E-state index contributed by atoms with van der Waals surface area (Å²) in [5.74, 6) is 1.66. The predicted molar refractivity (Wildman–Crippen MR) is 60.8 cm³/mol. The smallest absolute Gasteiger partial charge is 0.0962 e. The molecule has 0 aliphatic heterocycles. The van der Waals surface area contributed by atoms with Gasteiger partial charge in [0.05, 0.1) is 10.7 Å². The number of rotatable bonds is 4. The van der Waals surface area contributed by atoms with Crippen molar-refractivity contribution >= 4 is 24.0 Å². The quantitative estimate of drug-likeness (QED) is 0.756. The normalized spacial score (nSPS) is 16.5. The molecule has 13 heavy (non-hydrogen) atoms. The summed E-state index contributed by atoms with van der Waals surface area (Å²) in [4.78, 5) is 6.10. The lowest BCUT2D eigenvalue weighted by Gasteiger charge is -1.94. The van der Waals surface area contributed by atoms with Gasteiger partial charge < -0.3 is 0 Å². The van der Waals surface area contributed by atoms with Gasteiger partial charge in [0, 0.05) is 16.5 Å². The fourth-order valence-electron chi connectivity index (χ4n) is 1.46. The third kappa shape index (κ3) is 2.08. The average molecular weight is 213 g/mol. The first kappa shape index (κ1) is 9.53. The van der Waals surface area contributed by atoms with Crippen molar-refractivity contribution < 1.29 is 0 Å². The molecule has 0 radical (unpaired) electrons. The van der Waals surface area contributed by atoms with Crippen LogP contribution in [0.4, 0.5) is 0 Å². The first-order valence-corrected chi connectivity index (χ1v) is 6.39. The zero-order valence-corrected chi connectivity index (χ0v) is 9.63. The van der Waals surface area contributed by atoms with Crippen LogP contribution in [0.25, 0.3) is 0 Å². The number of hydrogen-bond acceptors (Lipinski definition) is 3. The van der Waals surface area contributed by atoms with E-state index in [1.165, 1.54) is 34.8 Å². The van der Waals surface area contributed by atoms with Crippen molar-refractivity contribution in [3.05, 3.63) is 15.6 Å². The third-order valence-electron chi connectivity index (χ3n) is 2.35. The lowest BCUT2D eigenvalue weighted by molar-refractivity contribution is 0.871. The predicted octanol–water partition coefficient (Wildman–Crippen LogP) is 3.40. The maximum Gasteiger partial charge on any atom is 0.0962 e. The molecule has 1 nitrogen and oxygen atoms in total. The summed E-state index contributed by atoms with van der Waals surface area (Å²) < 4.78 is 0. The van der Waals surface area contributed by atoms with Crippen LogP contribution in [0, 0.1) is 0 Å². The summed E-state index contributed by atoms with van der Waals surface area (Å²) in [6.07, 6.45) is 5.02. The molecular formula is C10H15NS2. The summed E-state index contributed by atoms with van der Waals surface area (Å²) in [6, 6.07) is 0. The molecule has 0 saturated heterocycles. The lowest BCUT2D eigenvalue weighted by Crippen LogP contribution is -1.88. The zero-order chi connectivity index (χ0) is 9.26. The van der Waals surface area contributed by atoms with Crippen LogP contribution in [0.3, 0.4) is 0 Å². The van der Waals surface area contributed by atoms with E-state index in [9.17, 15) is 0 Å². The molecule has 72 valence electrons. The molecular weight excluding hydrogens is 198 g/mol. The third-order valence-corrected chi connectivity index (χ3v) is 4.14. The Hall–Kier alpha value is -0.0200. The topological polar surface area (TPSA) is 12.9 Å². The number of aryl methyl sites for hydroxylation is 1. The van der Waals surface area contributed by atoms with Crippen LogP contribution in [0.15, 0.2) is 0 Å².